The summed E-state index contributed by atoms with van der Waals surface area (Å²) in [6.07, 6.45) is 1.76. The van der Waals surface area contributed by atoms with Gasteiger partial charge in [0, 0.05) is 13.2 Å². The van der Waals surface area contributed by atoms with Crippen LogP contribution in [0.4, 0.5) is 0 Å². The predicted molar refractivity (Wildman–Crippen MR) is 94.8 cm³/mol. The van der Waals surface area contributed by atoms with Gasteiger partial charge in [0.05, 0.1) is 13.2 Å². The zero-order valence-corrected chi connectivity index (χ0v) is 15.0. The van der Waals surface area contributed by atoms with Crippen LogP contribution in [0.15, 0.2) is 36.9 Å². The number of benzene rings is 1. The zero-order valence-electron chi connectivity index (χ0n) is 15.0. The van der Waals surface area contributed by atoms with Crippen LogP contribution in [0.1, 0.15) is 31.4 Å². The van der Waals surface area contributed by atoms with E-state index in [0.29, 0.717) is 19.8 Å². The quantitative estimate of drug-likeness (QED) is 0.356. The Balaban J connectivity index is 2.38. The van der Waals surface area contributed by atoms with Crippen LogP contribution in [0.2, 0.25) is 0 Å². The molecule has 1 aromatic rings. The lowest BCUT2D eigenvalue weighted by Gasteiger charge is -2.13. The number of carbonyl (C=O) groups excluding carboxylic acids is 2. The molecule has 1 atom stereocenters. The van der Waals surface area contributed by atoms with Crippen LogP contribution in [-0.2, 0) is 37.0 Å². The predicted octanol–water partition coefficient (Wildman–Crippen LogP) is 2.36. The topological polar surface area (TPSA) is 73.9 Å². The summed E-state index contributed by atoms with van der Waals surface area (Å²) in [6, 6.07) is 7.74. The Kier molecular flexibility index (Phi) is 10.2. The highest BCUT2D eigenvalue weighted by Crippen LogP contribution is 2.10. The third kappa shape index (κ3) is 8.47. The van der Waals surface area contributed by atoms with Gasteiger partial charge < -0.3 is 19.5 Å². The Bertz CT molecular complexity index is 559. The van der Waals surface area contributed by atoms with Crippen molar-refractivity contribution >= 4 is 11.9 Å². The maximum Gasteiger partial charge on any atom is 0.335 e. The van der Waals surface area contributed by atoms with E-state index in [1.165, 1.54) is 6.08 Å². The number of rotatable bonds is 12. The summed E-state index contributed by atoms with van der Waals surface area (Å²) in [4.78, 5) is 23.5. The highest BCUT2D eigenvalue weighted by atomic mass is 16.6. The van der Waals surface area contributed by atoms with Gasteiger partial charge in [0.2, 0.25) is 0 Å². The first-order chi connectivity index (χ1) is 12.1. The van der Waals surface area contributed by atoms with E-state index >= 15 is 0 Å². The molecule has 1 aromatic carbocycles. The Morgan fingerprint density at radius 3 is 2.68 bits per heavy atom. The average Bonchev–Trinajstić information content (AvgIpc) is 2.63. The second-order valence-electron chi connectivity index (χ2n) is 5.47. The number of carbonyl (C=O) groups is 2. The van der Waals surface area contributed by atoms with Crippen LogP contribution >= 0.6 is 0 Å². The molecule has 1 N–H and O–H groups in total. The van der Waals surface area contributed by atoms with Gasteiger partial charge in [-0.05, 0) is 24.5 Å². The summed E-state index contributed by atoms with van der Waals surface area (Å²) < 4.78 is 15.6. The molecule has 0 aliphatic heterocycles. The Morgan fingerprint density at radius 1 is 1.28 bits per heavy atom. The maximum absolute atomic E-state index is 11.9. The SMILES string of the molecule is C=CCOC(C)C(=O)OCC(=O)NCc1ccccc1COCCC. The van der Waals surface area contributed by atoms with Crippen LogP contribution < -0.4 is 5.32 Å². The van der Waals surface area contributed by atoms with Gasteiger partial charge in [0.25, 0.3) is 5.91 Å². The van der Waals surface area contributed by atoms with Gasteiger partial charge in [0.15, 0.2) is 12.7 Å². The van der Waals surface area contributed by atoms with Crippen LogP contribution in [0, 0.1) is 0 Å². The summed E-state index contributed by atoms with van der Waals surface area (Å²) in [6.45, 7) is 8.58. The number of hydrogen-bond donors (Lipinski definition) is 1. The van der Waals surface area contributed by atoms with Crippen molar-refractivity contribution in [2.24, 2.45) is 0 Å². The summed E-state index contributed by atoms with van der Waals surface area (Å²) in [5, 5.41) is 2.74. The number of ether oxygens (including phenoxy) is 3. The Morgan fingerprint density at radius 2 is 2.00 bits per heavy atom. The highest BCUT2D eigenvalue weighted by molar-refractivity contribution is 5.81. The van der Waals surface area contributed by atoms with E-state index in [1.807, 2.05) is 24.3 Å². The van der Waals surface area contributed by atoms with E-state index in [2.05, 4.69) is 18.8 Å². The largest absolute Gasteiger partial charge is 0.454 e. The van der Waals surface area contributed by atoms with Gasteiger partial charge in [-0.3, -0.25) is 4.79 Å². The lowest BCUT2D eigenvalue weighted by atomic mass is 10.1. The van der Waals surface area contributed by atoms with E-state index in [1.54, 1.807) is 6.92 Å². The summed E-state index contributed by atoms with van der Waals surface area (Å²) in [7, 11) is 0. The van der Waals surface area contributed by atoms with Crippen molar-refractivity contribution in [3.05, 3.63) is 48.0 Å². The van der Waals surface area contributed by atoms with Crippen molar-refractivity contribution < 1.29 is 23.8 Å². The Hall–Kier alpha value is -2.18. The molecule has 6 nitrogen and oxygen atoms in total. The van der Waals surface area contributed by atoms with Crippen LogP contribution in [-0.4, -0.2) is 37.8 Å². The van der Waals surface area contributed by atoms with Gasteiger partial charge in [0.1, 0.15) is 0 Å². The molecule has 138 valence electrons. The molecule has 1 rings (SSSR count). The molecule has 25 heavy (non-hydrogen) atoms. The highest BCUT2D eigenvalue weighted by Gasteiger charge is 2.16. The second kappa shape index (κ2) is 12.2. The minimum Gasteiger partial charge on any atom is -0.454 e. The first-order valence-corrected chi connectivity index (χ1v) is 8.38. The minimum atomic E-state index is -0.734. The fraction of sp³-hybridized carbons (Fsp3) is 0.474. The van der Waals surface area contributed by atoms with Gasteiger partial charge in [-0.2, -0.15) is 0 Å². The lowest BCUT2D eigenvalue weighted by Crippen LogP contribution is -2.31. The van der Waals surface area contributed by atoms with Crippen molar-refractivity contribution in [2.45, 2.75) is 39.5 Å². The molecule has 0 bridgehead atoms. The molecule has 0 spiro atoms. The van der Waals surface area contributed by atoms with Crippen LogP contribution in [0.3, 0.4) is 0 Å². The van der Waals surface area contributed by atoms with Crippen molar-refractivity contribution in [3.8, 4) is 0 Å². The van der Waals surface area contributed by atoms with E-state index in [0.717, 1.165) is 17.5 Å². The van der Waals surface area contributed by atoms with E-state index in [-0.39, 0.29) is 19.1 Å². The third-order valence-electron chi connectivity index (χ3n) is 3.34. The first kappa shape index (κ1) is 20.9. The van der Waals surface area contributed by atoms with Crippen molar-refractivity contribution in [3.63, 3.8) is 0 Å². The van der Waals surface area contributed by atoms with Crippen LogP contribution in [0.5, 0.6) is 0 Å². The molecule has 1 amide bonds. The monoisotopic (exact) mass is 349 g/mol. The van der Waals surface area contributed by atoms with Crippen molar-refractivity contribution in [2.75, 3.05) is 19.8 Å². The molecule has 0 saturated carbocycles. The second-order valence-corrected chi connectivity index (χ2v) is 5.47. The number of hydrogen-bond acceptors (Lipinski definition) is 5. The normalized spacial score (nSPS) is 11.6. The Labute approximate surface area is 149 Å². The first-order valence-electron chi connectivity index (χ1n) is 8.38. The van der Waals surface area contributed by atoms with E-state index < -0.39 is 12.1 Å². The molecule has 6 heteroatoms. The molecule has 0 radical (unpaired) electrons. The zero-order chi connectivity index (χ0) is 18.5. The van der Waals surface area contributed by atoms with Gasteiger partial charge >= 0.3 is 5.97 Å². The standard InChI is InChI=1S/C19H27NO5/c1-4-10-23-13-17-9-7-6-8-16(17)12-20-18(21)14-25-19(22)15(3)24-11-5-2/h5-9,15H,2,4,10-14H2,1,3H3,(H,20,21). The summed E-state index contributed by atoms with van der Waals surface area (Å²) >= 11 is 0. The number of nitrogens with one attached hydrogen (secondary N) is 1. The molecule has 0 aliphatic carbocycles. The molecule has 0 heterocycles. The molecule has 0 fully saturated rings. The smallest absolute Gasteiger partial charge is 0.335 e. The summed E-state index contributed by atoms with van der Waals surface area (Å²) in [5.41, 5.74) is 2.00. The fourth-order valence-corrected chi connectivity index (χ4v) is 1.98. The van der Waals surface area contributed by atoms with Gasteiger partial charge in [-0.15, -0.1) is 6.58 Å². The molecule has 0 saturated heterocycles. The van der Waals surface area contributed by atoms with Gasteiger partial charge in [-0.25, -0.2) is 4.79 Å². The molecular formula is C19H27NO5. The lowest BCUT2D eigenvalue weighted by molar-refractivity contribution is -0.158. The van der Waals surface area contributed by atoms with E-state index in [9.17, 15) is 9.59 Å². The fourth-order valence-electron chi connectivity index (χ4n) is 1.98. The van der Waals surface area contributed by atoms with E-state index in [4.69, 9.17) is 14.2 Å². The number of amides is 1. The number of esters is 1. The third-order valence-corrected chi connectivity index (χ3v) is 3.34. The maximum atomic E-state index is 11.9. The molecule has 0 aromatic heterocycles. The minimum absolute atomic E-state index is 0.249. The molecular weight excluding hydrogens is 322 g/mol. The average molecular weight is 349 g/mol. The van der Waals surface area contributed by atoms with Gasteiger partial charge in [-0.1, -0.05) is 37.3 Å². The summed E-state index contributed by atoms with van der Waals surface area (Å²) in [5.74, 6) is -0.945. The molecule has 1 unspecified atom stereocenters. The van der Waals surface area contributed by atoms with Crippen LogP contribution in [0.25, 0.3) is 0 Å². The van der Waals surface area contributed by atoms with Crippen molar-refractivity contribution in [1.82, 2.24) is 5.32 Å². The van der Waals surface area contributed by atoms with Crippen molar-refractivity contribution in [1.29, 1.82) is 0 Å². The molecule has 0 aliphatic rings.